The first kappa shape index (κ1) is 54.3. The van der Waals surface area contributed by atoms with Crippen LogP contribution in [0.3, 0.4) is 0 Å². The molecule has 1 saturated carbocycles. The summed E-state index contributed by atoms with van der Waals surface area (Å²) in [6.07, 6.45) is 0.997. The number of phenolic OH excluding ortho intramolecular Hbond substituents is 1. The summed E-state index contributed by atoms with van der Waals surface area (Å²) in [5.74, 6) is -0.711. The Hall–Kier alpha value is -8.49. The van der Waals surface area contributed by atoms with Crippen LogP contribution in [0.15, 0.2) is 109 Å². The Balaban J connectivity index is 0.697. The molecule has 0 bridgehead atoms. The smallest absolute Gasteiger partial charge is 0.508 e. The summed E-state index contributed by atoms with van der Waals surface area (Å²) >= 11 is 0. The van der Waals surface area contributed by atoms with Crippen molar-refractivity contribution in [2.75, 3.05) is 44.8 Å². The molecule has 0 unspecified atom stereocenters. The number of aromatic hydroxyl groups is 1. The first-order valence-electron chi connectivity index (χ1n) is 25.6. The summed E-state index contributed by atoms with van der Waals surface area (Å²) in [5, 5.41) is 27.0. The standard InChI is InChI=1S/C58H60F2N8O10/c1-6-43-44(32-63-45(33-64-55(73)78-56(3,4)5)51(43)36-11-15-42(69)16-12-36)37-13-17-46-40(28-37)31-65-68(46)24-22-61-50(70)34-75-27-26-74-25-23-62-53(71)39-9-7-8-38(29-39)52-35(2)10-19-49(66-52)67-54(72)57(20-21-57)41-14-18-47-48(30-41)77-58(59,60)76-47/h7-19,28-32,69H,6,20-27,33-34H2,1-5H3,(H,61,70)(H,62,71)(H,64,73)(H,66,67,72). The summed E-state index contributed by atoms with van der Waals surface area (Å²) < 4.78 is 54.8. The molecule has 7 aromatic rings. The fourth-order valence-corrected chi connectivity index (χ4v) is 9.24. The predicted octanol–water partition coefficient (Wildman–Crippen LogP) is 9.00. The Kier molecular flexibility index (Phi) is 16.0. The molecular weight excluding hydrogens is 1010 g/mol. The zero-order valence-corrected chi connectivity index (χ0v) is 43.8. The number of ether oxygens (including phenoxy) is 5. The molecular formula is C58H60F2N8O10. The van der Waals surface area contributed by atoms with E-state index >= 15 is 0 Å². The van der Waals surface area contributed by atoms with Crippen molar-refractivity contribution in [1.82, 2.24) is 35.7 Å². The molecule has 18 nitrogen and oxygen atoms in total. The third kappa shape index (κ3) is 12.8. The van der Waals surface area contributed by atoms with Crippen LogP contribution in [0.4, 0.5) is 19.4 Å². The molecule has 2 aliphatic rings. The van der Waals surface area contributed by atoms with Crippen LogP contribution >= 0.6 is 0 Å². The van der Waals surface area contributed by atoms with E-state index in [-0.39, 0.29) is 74.5 Å². The van der Waals surface area contributed by atoms with Crippen molar-refractivity contribution in [1.29, 1.82) is 0 Å². The minimum absolute atomic E-state index is 0.0922. The lowest BCUT2D eigenvalue weighted by molar-refractivity contribution is -0.286. The van der Waals surface area contributed by atoms with Gasteiger partial charge in [-0.1, -0.05) is 49.4 Å². The van der Waals surface area contributed by atoms with Gasteiger partial charge in [0.05, 0.1) is 61.4 Å². The average molecular weight is 1070 g/mol. The third-order valence-corrected chi connectivity index (χ3v) is 13.2. The third-order valence-electron chi connectivity index (χ3n) is 13.2. The molecule has 0 radical (unpaired) electrons. The van der Waals surface area contributed by atoms with Gasteiger partial charge in [0.2, 0.25) is 11.8 Å². The molecule has 5 N–H and O–H groups in total. The monoisotopic (exact) mass is 1070 g/mol. The van der Waals surface area contributed by atoms with Crippen LogP contribution in [0.5, 0.6) is 17.2 Å². The normalized spacial score (nSPS) is 13.9. The average Bonchev–Trinajstić information content (AvgIpc) is 4.23. The van der Waals surface area contributed by atoms with E-state index in [4.69, 9.17) is 24.2 Å². The topological polar surface area (TPSA) is 226 Å². The summed E-state index contributed by atoms with van der Waals surface area (Å²) in [7, 11) is 0. The summed E-state index contributed by atoms with van der Waals surface area (Å²) in [4.78, 5) is 61.4. The van der Waals surface area contributed by atoms with Crippen molar-refractivity contribution in [3.05, 3.63) is 137 Å². The highest BCUT2D eigenvalue weighted by atomic mass is 19.3. The van der Waals surface area contributed by atoms with E-state index in [9.17, 15) is 33.1 Å². The Labute approximate surface area is 448 Å². The van der Waals surface area contributed by atoms with Gasteiger partial charge in [0, 0.05) is 46.9 Å². The van der Waals surface area contributed by atoms with Gasteiger partial charge in [-0.2, -0.15) is 5.10 Å². The summed E-state index contributed by atoms with van der Waals surface area (Å²) in [5.41, 5.74) is 7.56. The minimum Gasteiger partial charge on any atom is -0.508 e. The summed E-state index contributed by atoms with van der Waals surface area (Å²) in [6, 6.07) is 27.8. The van der Waals surface area contributed by atoms with Crippen LogP contribution in [0, 0.1) is 6.92 Å². The van der Waals surface area contributed by atoms with E-state index in [2.05, 4.69) is 48.8 Å². The number of rotatable bonds is 21. The number of phenols is 1. The number of carbonyl (C=O) groups is 4. The highest BCUT2D eigenvalue weighted by Gasteiger charge is 2.53. The number of alkyl carbamates (subject to hydrolysis) is 1. The largest absolute Gasteiger partial charge is 0.586 e. The van der Waals surface area contributed by atoms with Gasteiger partial charge in [-0.25, -0.2) is 9.78 Å². The number of nitrogens with zero attached hydrogens (tertiary/aromatic N) is 4. The van der Waals surface area contributed by atoms with Crippen molar-refractivity contribution in [2.24, 2.45) is 0 Å². The second-order valence-electron chi connectivity index (χ2n) is 19.9. The number of amides is 4. The molecule has 9 rings (SSSR count). The van der Waals surface area contributed by atoms with E-state index in [1.807, 2.05) is 54.2 Å². The van der Waals surface area contributed by atoms with Gasteiger partial charge < -0.3 is 50.1 Å². The molecule has 1 aliphatic carbocycles. The van der Waals surface area contributed by atoms with Crippen LogP contribution in [-0.4, -0.2) is 100 Å². The molecule has 3 aromatic heterocycles. The molecule has 20 heteroatoms. The van der Waals surface area contributed by atoms with E-state index in [1.54, 1.807) is 69.4 Å². The zero-order valence-electron chi connectivity index (χ0n) is 43.8. The van der Waals surface area contributed by atoms with Crippen molar-refractivity contribution < 1.29 is 56.7 Å². The maximum atomic E-state index is 13.6. The first-order valence-corrected chi connectivity index (χ1v) is 25.6. The number of aromatic nitrogens is 4. The molecule has 0 spiro atoms. The fourth-order valence-electron chi connectivity index (χ4n) is 9.24. The molecule has 406 valence electrons. The second kappa shape index (κ2) is 23.0. The van der Waals surface area contributed by atoms with Gasteiger partial charge in [0.1, 0.15) is 23.8 Å². The van der Waals surface area contributed by atoms with Crippen LogP contribution in [0.2, 0.25) is 0 Å². The molecule has 4 amide bonds. The Morgan fingerprint density at radius 3 is 2.35 bits per heavy atom. The number of nitrogens with one attached hydrogen (secondary N) is 4. The fraction of sp³-hybridized carbons (Fsp3) is 0.328. The number of anilines is 1. The molecule has 4 aromatic carbocycles. The van der Waals surface area contributed by atoms with E-state index in [0.29, 0.717) is 66.2 Å². The molecule has 1 fully saturated rings. The van der Waals surface area contributed by atoms with Crippen LogP contribution in [-0.2, 0) is 48.7 Å². The van der Waals surface area contributed by atoms with E-state index in [0.717, 1.165) is 44.3 Å². The van der Waals surface area contributed by atoms with E-state index in [1.165, 1.54) is 12.1 Å². The number of fused-ring (bicyclic) bond motifs is 2. The SMILES string of the molecule is CCc1c(-c2ccc3c(cnn3CCNC(=O)COCCOCCNC(=O)c3cccc(-c4nc(NC(=O)C5(c6ccc7c(c6)OC(F)(F)O7)CC5)ccc4C)c3)c2)cnc(CNC(=O)OC(C)(C)C)c1-c1ccc(O)cc1. The lowest BCUT2D eigenvalue weighted by atomic mass is 9.90. The van der Waals surface area contributed by atoms with Crippen LogP contribution in [0.25, 0.3) is 44.4 Å². The lowest BCUT2D eigenvalue weighted by Crippen LogP contribution is -2.32. The predicted molar refractivity (Wildman–Crippen MR) is 286 cm³/mol. The quantitative estimate of drug-likeness (QED) is 0.0424. The van der Waals surface area contributed by atoms with Gasteiger partial charge in [-0.3, -0.25) is 24.0 Å². The van der Waals surface area contributed by atoms with Crippen molar-refractivity contribution >= 4 is 40.5 Å². The number of alkyl halides is 2. The number of pyridine rings is 2. The first-order chi connectivity index (χ1) is 37.4. The van der Waals surface area contributed by atoms with E-state index < -0.39 is 23.4 Å². The van der Waals surface area contributed by atoms with Gasteiger partial charge in [-0.05, 0) is 129 Å². The molecule has 0 atom stereocenters. The van der Waals surface area contributed by atoms with Crippen LogP contribution < -0.4 is 30.7 Å². The highest BCUT2D eigenvalue weighted by Crippen LogP contribution is 2.52. The lowest BCUT2D eigenvalue weighted by Gasteiger charge is -2.21. The van der Waals surface area contributed by atoms with Gasteiger partial charge in [-0.15, -0.1) is 8.78 Å². The van der Waals surface area contributed by atoms with Gasteiger partial charge in [0.15, 0.2) is 11.5 Å². The number of benzene rings is 4. The second-order valence-corrected chi connectivity index (χ2v) is 19.9. The van der Waals surface area contributed by atoms with Gasteiger partial charge in [0.25, 0.3) is 5.91 Å². The molecule has 4 heterocycles. The highest BCUT2D eigenvalue weighted by molar-refractivity contribution is 6.01. The number of halogens is 2. The molecule has 0 saturated heterocycles. The number of hydrogen-bond donors (Lipinski definition) is 5. The van der Waals surface area contributed by atoms with Crippen molar-refractivity contribution in [3.63, 3.8) is 0 Å². The Morgan fingerprint density at radius 2 is 1.58 bits per heavy atom. The number of aryl methyl sites for hydroxylation is 1. The minimum atomic E-state index is -3.76. The zero-order chi connectivity index (χ0) is 55.2. The van der Waals surface area contributed by atoms with Crippen molar-refractivity contribution in [2.45, 2.75) is 84.3 Å². The van der Waals surface area contributed by atoms with Crippen molar-refractivity contribution in [3.8, 4) is 50.8 Å². The number of hydrogen-bond acceptors (Lipinski definition) is 13. The Bertz CT molecular complexity index is 3370. The Morgan fingerprint density at radius 1 is 0.808 bits per heavy atom. The molecule has 1 aliphatic heterocycles. The molecule has 78 heavy (non-hydrogen) atoms. The van der Waals surface area contributed by atoms with Gasteiger partial charge >= 0.3 is 12.4 Å². The maximum absolute atomic E-state index is 13.6. The summed E-state index contributed by atoms with van der Waals surface area (Å²) in [6.45, 7) is 10.9. The number of carbonyl (C=O) groups excluding carboxylic acids is 4. The maximum Gasteiger partial charge on any atom is 0.586 e. The van der Waals surface area contributed by atoms with Crippen LogP contribution in [0.1, 0.15) is 73.3 Å².